The summed E-state index contributed by atoms with van der Waals surface area (Å²) in [5, 5.41) is 21.1. The first-order chi connectivity index (χ1) is 10.3. The SMILES string of the molecule is O=[N+]([O-])c1ccc(C(O)CS(=O)(=[OH+])c2ccc(Cl)cc2)cc1. The van der Waals surface area contributed by atoms with Crippen LogP contribution in [-0.4, -0.2) is 24.2 Å². The van der Waals surface area contributed by atoms with Crippen molar-refractivity contribution in [2.24, 2.45) is 0 Å². The van der Waals surface area contributed by atoms with Gasteiger partial charge in [0.15, 0.2) is 0 Å². The normalized spacial score (nSPS) is 15.0. The van der Waals surface area contributed by atoms with E-state index in [0.29, 0.717) is 10.6 Å². The van der Waals surface area contributed by atoms with Gasteiger partial charge >= 0.3 is 9.84 Å². The second-order valence-electron chi connectivity index (χ2n) is 4.63. The number of aliphatic hydroxyl groups is 1. The van der Waals surface area contributed by atoms with Crippen molar-refractivity contribution in [1.29, 1.82) is 0 Å². The van der Waals surface area contributed by atoms with Crippen molar-refractivity contribution < 1.29 is 18.4 Å². The molecular formula is C14H13ClNO5S+. The van der Waals surface area contributed by atoms with Crippen molar-refractivity contribution in [1.82, 2.24) is 0 Å². The zero-order chi connectivity index (χ0) is 16.3. The minimum atomic E-state index is -3.44. The smallest absolute Gasteiger partial charge is 0.305 e. The summed E-state index contributed by atoms with van der Waals surface area (Å²) < 4.78 is 22.4. The molecule has 0 aliphatic carbocycles. The summed E-state index contributed by atoms with van der Waals surface area (Å²) in [7, 11) is -3.44. The molecule has 0 aromatic heterocycles. The number of nitro benzene ring substituents is 1. The highest BCUT2D eigenvalue weighted by Crippen LogP contribution is 2.23. The number of benzene rings is 2. The third-order valence-corrected chi connectivity index (χ3v) is 5.08. The lowest BCUT2D eigenvalue weighted by Crippen LogP contribution is -2.14. The van der Waals surface area contributed by atoms with Crippen molar-refractivity contribution in [2.45, 2.75) is 11.0 Å². The molecule has 0 fully saturated rings. The van der Waals surface area contributed by atoms with E-state index in [0.717, 1.165) is 0 Å². The molecule has 22 heavy (non-hydrogen) atoms. The Bertz CT molecular complexity index is 772. The maximum absolute atomic E-state index is 12.3. The first kappa shape index (κ1) is 16.4. The van der Waals surface area contributed by atoms with Gasteiger partial charge in [-0.3, -0.25) is 10.1 Å². The lowest BCUT2D eigenvalue weighted by Gasteiger charge is -2.09. The van der Waals surface area contributed by atoms with Crippen LogP contribution in [0.25, 0.3) is 0 Å². The molecule has 0 heterocycles. The highest BCUT2D eigenvalue weighted by atomic mass is 35.5. The zero-order valence-electron chi connectivity index (χ0n) is 11.3. The summed E-state index contributed by atoms with van der Waals surface area (Å²) in [5.74, 6) is -0.410. The molecule has 2 unspecified atom stereocenters. The molecule has 116 valence electrons. The van der Waals surface area contributed by atoms with E-state index >= 15 is 0 Å². The topological polar surface area (TPSA) is 102 Å². The lowest BCUT2D eigenvalue weighted by atomic mass is 10.1. The Kier molecular flexibility index (Phi) is 4.80. The first-order valence-corrected chi connectivity index (χ1v) is 8.28. The lowest BCUT2D eigenvalue weighted by molar-refractivity contribution is -0.384. The third-order valence-electron chi connectivity index (χ3n) is 3.05. The van der Waals surface area contributed by atoms with E-state index in [-0.39, 0.29) is 10.6 Å². The summed E-state index contributed by atoms with van der Waals surface area (Å²) in [6, 6.07) is 11.0. The quantitative estimate of drug-likeness (QED) is 0.512. The van der Waals surface area contributed by atoms with Crippen LogP contribution >= 0.6 is 11.6 Å². The van der Waals surface area contributed by atoms with Crippen molar-refractivity contribution in [3.05, 3.63) is 69.2 Å². The predicted octanol–water partition coefficient (Wildman–Crippen LogP) is 2.91. The van der Waals surface area contributed by atoms with Crippen LogP contribution in [0.2, 0.25) is 5.02 Å². The second kappa shape index (κ2) is 6.43. The van der Waals surface area contributed by atoms with Crippen LogP contribution in [0, 0.1) is 10.1 Å². The molecule has 0 saturated heterocycles. The van der Waals surface area contributed by atoms with Gasteiger partial charge in [-0.2, -0.15) is 4.21 Å². The molecule has 2 N–H and O–H groups in total. The molecule has 2 rings (SSSR count). The Morgan fingerprint density at radius 1 is 1.18 bits per heavy atom. The Morgan fingerprint density at radius 2 is 1.73 bits per heavy atom. The Hall–Kier alpha value is -1.96. The van der Waals surface area contributed by atoms with Gasteiger partial charge in [0, 0.05) is 17.2 Å². The van der Waals surface area contributed by atoms with E-state index in [2.05, 4.69) is 0 Å². The van der Waals surface area contributed by atoms with Gasteiger partial charge in [-0.05, 0) is 42.0 Å². The van der Waals surface area contributed by atoms with Gasteiger partial charge in [0.1, 0.15) is 10.6 Å². The molecule has 0 saturated carbocycles. The predicted molar refractivity (Wildman–Crippen MR) is 82.7 cm³/mol. The number of hydrogen-bond acceptors (Lipinski definition) is 4. The zero-order valence-corrected chi connectivity index (χ0v) is 12.8. The van der Waals surface area contributed by atoms with Crippen LogP contribution in [0.15, 0.2) is 53.4 Å². The van der Waals surface area contributed by atoms with Crippen LogP contribution in [0.1, 0.15) is 11.7 Å². The molecule has 6 nitrogen and oxygen atoms in total. The van der Waals surface area contributed by atoms with Crippen LogP contribution in [0.5, 0.6) is 0 Å². The number of hydrogen-bond donors (Lipinski definition) is 1. The first-order valence-electron chi connectivity index (χ1n) is 6.22. The van der Waals surface area contributed by atoms with Crippen molar-refractivity contribution >= 4 is 27.1 Å². The summed E-state index contributed by atoms with van der Waals surface area (Å²) in [5.41, 5.74) is 0.222. The summed E-state index contributed by atoms with van der Waals surface area (Å²) >= 11 is 5.72. The molecular weight excluding hydrogens is 330 g/mol. The molecule has 2 atom stereocenters. The largest absolute Gasteiger partial charge is 0.387 e. The molecule has 0 aliphatic rings. The maximum atomic E-state index is 12.3. The van der Waals surface area contributed by atoms with Crippen LogP contribution in [-0.2, 0) is 9.84 Å². The monoisotopic (exact) mass is 342 g/mol. The van der Waals surface area contributed by atoms with E-state index in [1.54, 1.807) is 0 Å². The number of rotatable bonds is 5. The molecule has 0 spiro atoms. The van der Waals surface area contributed by atoms with E-state index in [4.69, 9.17) is 11.6 Å². The van der Waals surface area contributed by atoms with E-state index < -0.39 is 26.6 Å². The molecule has 0 amide bonds. The van der Waals surface area contributed by atoms with Crippen LogP contribution in [0.4, 0.5) is 5.69 Å². The van der Waals surface area contributed by atoms with Crippen molar-refractivity contribution in [3.8, 4) is 0 Å². The summed E-state index contributed by atoms with van der Waals surface area (Å²) in [6.07, 6.45) is -1.21. The van der Waals surface area contributed by atoms with Gasteiger partial charge in [-0.1, -0.05) is 11.6 Å². The third kappa shape index (κ3) is 3.82. The number of nitrogens with zero attached hydrogens (tertiary/aromatic N) is 1. The molecule has 0 aliphatic heterocycles. The number of non-ortho nitro benzene ring substituents is 1. The minimum Gasteiger partial charge on any atom is -0.387 e. The van der Waals surface area contributed by atoms with E-state index in [1.165, 1.54) is 48.5 Å². The average molecular weight is 343 g/mol. The Balaban J connectivity index is 2.18. The second-order valence-corrected chi connectivity index (χ2v) is 7.15. The minimum absolute atomic E-state index is 0.113. The van der Waals surface area contributed by atoms with Crippen LogP contribution < -0.4 is 0 Å². The maximum Gasteiger partial charge on any atom is 0.305 e. The van der Waals surface area contributed by atoms with E-state index in [9.17, 15) is 23.6 Å². The van der Waals surface area contributed by atoms with Gasteiger partial charge in [-0.25, -0.2) is 4.21 Å². The van der Waals surface area contributed by atoms with Gasteiger partial charge < -0.3 is 5.11 Å². The molecule has 0 radical (unpaired) electrons. The van der Waals surface area contributed by atoms with Crippen molar-refractivity contribution in [3.63, 3.8) is 0 Å². The molecule has 8 heteroatoms. The van der Waals surface area contributed by atoms with Gasteiger partial charge in [0.2, 0.25) is 0 Å². The van der Waals surface area contributed by atoms with Gasteiger partial charge in [0.05, 0.1) is 11.0 Å². The van der Waals surface area contributed by atoms with Gasteiger partial charge in [-0.15, -0.1) is 0 Å². The molecule has 2 aromatic rings. The van der Waals surface area contributed by atoms with Gasteiger partial charge in [0.25, 0.3) is 5.69 Å². The number of halogens is 1. The summed E-state index contributed by atoms with van der Waals surface area (Å²) in [4.78, 5) is 10.2. The Labute approximate surface area is 132 Å². The Morgan fingerprint density at radius 3 is 2.23 bits per heavy atom. The molecule has 2 aromatic carbocycles. The molecule has 0 bridgehead atoms. The fraction of sp³-hybridized carbons (Fsp3) is 0.143. The fourth-order valence-electron chi connectivity index (χ4n) is 1.87. The highest BCUT2D eigenvalue weighted by molar-refractivity contribution is 7.91. The fourth-order valence-corrected chi connectivity index (χ4v) is 3.37. The summed E-state index contributed by atoms with van der Waals surface area (Å²) in [6.45, 7) is 0. The van der Waals surface area contributed by atoms with Crippen molar-refractivity contribution in [2.75, 3.05) is 5.75 Å². The van der Waals surface area contributed by atoms with E-state index in [1.807, 2.05) is 0 Å². The standard InChI is InChI=1S/C14H12ClNO5S/c15-11-3-7-13(8-4-11)22(20,21)9-14(17)10-1-5-12(6-2-10)16(18)19/h1-8,14,17H,9H2/p+1. The average Bonchev–Trinajstić information content (AvgIpc) is 2.47. The number of aliphatic hydroxyl groups excluding tert-OH is 1. The number of nitro groups is 1. The highest BCUT2D eigenvalue weighted by Gasteiger charge is 2.26. The van der Waals surface area contributed by atoms with Crippen LogP contribution in [0.3, 0.4) is 0 Å².